The maximum Gasteiger partial charge on any atom is 0.246 e. The van der Waals surface area contributed by atoms with Crippen LogP contribution in [-0.2, 0) is 4.79 Å². The second-order valence-electron chi connectivity index (χ2n) is 7.56. The molecule has 1 unspecified atom stereocenters. The van der Waals surface area contributed by atoms with Gasteiger partial charge in [0.15, 0.2) is 17.0 Å². The zero-order valence-corrected chi connectivity index (χ0v) is 17.8. The SMILES string of the molecule is C=CC(=O)N1CCC(Nc2ncnc3[nH]c(/C=C(\CC)COc4ccc(F)cc4)nc23)C1. The van der Waals surface area contributed by atoms with Crippen molar-refractivity contribution < 1.29 is 13.9 Å². The molecule has 0 bridgehead atoms. The number of carbonyl (C=O) groups is 1. The van der Waals surface area contributed by atoms with Gasteiger partial charge in [-0.25, -0.2) is 19.3 Å². The molecule has 1 saturated heterocycles. The van der Waals surface area contributed by atoms with Gasteiger partial charge in [-0.05, 0) is 54.8 Å². The van der Waals surface area contributed by atoms with E-state index in [9.17, 15) is 9.18 Å². The fourth-order valence-electron chi connectivity index (χ4n) is 3.57. The van der Waals surface area contributed by atoms with Gasteiger partial charge in [-0.15, -0.1) is 0 Å². The number of hydrogen-bond acceptors (Lipinski definition) is 6. The molecule has 8 nitrogen and oxygen atoms in total. The van der Waals surface area contributed by atoms with Crippen LogP contribution in [0.3, 0.4) is 0 Å². The third kappa shape index (κ3) is 4.93. The number of aromatic nitrogens is 4. The number of anilines is 1. The number of nitrogens with zero attached hydrogens (tertiary/aromatic N) is 4. The van der Waals surface area contributed by atoms with Gasteiger partial charge < -0.3 is 19.9 Å². The largest absolute Gasteiger partial charge is 0.489 e. The van der Waals surface area contributed by atoms with Gasteiger partial charge in [-0.3, -0.25) is 4.79 Å². The van der Waals surface area contributed by atoms with Crippen molar-refractivity contribution in [2.24, 2.45) is 0 Å². The molecule has 1 aromatic carbocycles. The molecular weight excluding hydrogens is 411 g/mol. The van der Waals surface area contributed by atoms with Gasteiger partial charge in [0.25, 0.3) is 0 Å². The number of rotatable bonds is 8. The van der Waals surface area contributed by atoms with Gasteiger partial charge in [-0.1, -0.05) is 13.5 Å². The average molecular weight is 436 g/mol. The quantitative estimate of drug-likeness (QED) is 0.524. The molecule has 9 heteroatoms. The minimum Gasteiger partial charge on any atom is -0.489 e. The highest BCUT2D eigenvalue weighted by Gasteiger charge is 2.25. The van der Waals surface area contributed by atoms with Crippen molar-refractivity contribution in [3.8, 4) is 5.75 Å². The first kappa shape index (κ1) is 21.5. The number of ether oxygens (including phenoxy) is 1. The Morgan fingerprint density at radius 1 is 1.38 bits per heavy atom. The van der Waals surface area contributed by atoms with E-state index in [1.807, 2.05) is 13.0 Å². The second-order valence-corrected chi connectivity index (χ2v) is 7.56. The Morgan fingerprint density at radius 2 is 2.19 bits per heavy atom. The molecule has 3 heterocycles. The Labute approximate surface area is 185 Å². The van der Waals surface area contributed by atoms with Gasteiger partial charge in [0, 0.05) is 19.1 Å². The van der Waals surface area contributed by atoms with E-state index < -0.39 is 0 Å². The fraction of sp³-hybridized carbons (Fsp3) is 0.304. The lowest BCUT2D eigenvalue weighted by Gasteiger charge is -2.15. The zero-order valence-electron chi connectivity index (χ0n) is 17.8. The highest BCUT2D eigenvalue weighted by Crippen LogP contribution is 2.22. The van der Waals surface area contributed by atoms with Crippen LogP contribution in [0.25, 0.3) is 17.2 Å². The van der Waals surface area contributed by atoms with E-state index in [4.69, 9.17) is 4.74 Å². The summed E-state index contributed by atoms with van der Waals surface area (Å²) in [5.74, 6) is 1.52. The van der Waals surface area contributed by atoms with E-state index >= 15 is 0 Å². The second kappa shape index (κ2) is 9.59. The van der Waals surface area contributed by atoms with E-state index in [2.05, 4.69) is 31.8 Å². The molecule has 1 atom stereocenters. The smallest absolute Gasteiger partial charge is 0.246 e. The third-order valence-electron chi connectivity index (χ3n) is 5.35. The molecule has 1 amide bonds. The lowest BCUT2D eigenvalue weighted by atomic mass is 10.2. The highest BCUT2D eigenvalue weighted by atomic mass is 19.1. The normalized spacial score (nSPS) is 16.4. The highest BCUT2D eigenvalue weighted by molar-refractivity contribution is 5.87. The molecule has 0 spiro atoms. The van der Waals surface area contributed by atoms with Crippen LogP contribution < -0.4 is 10.1 Å². The summed E-state index contributed by atoms with van der Waals surface area (Å²) in [4.78, 5) is 30.1. The Bertz CT molecular complexity index is 1140. The number of nitrogens with one attached hydrogen (secondary N) is 2. The summed E-state index contributed by atoms with van der Waals surface area (Å²) in [6, 6.07) is 6.03. The zero-order chi connectivity index (χ0) is 22.5. The number of benzene rings is 1. The molecule has 1 aliphatic rings. The minimum absolute atomic E-state index is 0.0655. The monoisotopic (exact) mass is 436 g/mol. The van der Waals surface area contributed by atoms with Crippen molar-refractivity contribution >= 4 is 29.0 Å². The molecule has 1 fully saturated rings. The van der Waals surface area contributed by atoms with E-state index in [1.165, 1.54) is 24.5 Å². The number of carbonyl (C=O) groups excluding carboxylic acids is 1. The van der Waals surface area contributed by atoms with Crippen molar-refractivity contribution in [2.45, 2.75) is 25.8 Å². The van der Waals surface area contributed by atoms with Crippen molar-refractivity contribution in [3.05, 3.63) is 60.5 Å². The average Bonchev–Trinajstić information content (AvgIpc) is 3.44. The number of aromatic amines is 1. The molecule has 32 heavy (non-hydrogen) atoms. The van der Waals surface area contributed by atoms with Gasteiger partial charge in [0.2, 0.25) is 5.91 Å². The summed E-state index contributed by atoms with van der Waals surface area (Å²) >= 11 is 0. The topological polar surface area (TPSA) is 96.0 Å². The predicted molar refractivity (Wildman–Crippen MR) is 121 cm³/mol. The number of halogens is 1. The first-order valence-corrected chi connectivity index (χ1v) is 10.5. The summed E-state index contributed by atoms with van der Waals surface area (Å²) in [5, 5.41) is 3.39. The molecule has 2 N–H and O–H groups in total. The molecule has 0 aliphatic carbocycles. The minimum atomic E-state index is -0.297. The maximum absolute atomic E-state index is 13.1. The van der Waals surface area contributed by atoms with Crippen LogP contribution >= 0.6 is 0 Å². The lowest BCUT2D eigenvalue weighted by molar-refractivity contribution is -0.125. The van der Waals surface area contributed by atoms with Crippen LogP contribution in [0.1, 0.15) is 25.6 Å². The number of amides is 1. The fourth-order valence-corrected chi connectivity index (χ4v) is 3.57. The van der Waals surface area contributed by atoms with Crippen LogP contribution in [0, 0.1) is 5.82 Å². The van der Waals surface area contributed by atoms with Gasteiger partial charge in [0.1, 0.15) is 30.3 Å². The molecule has 1 aliphatic heterocycles. The van der Waals surface area contributed by atoms with Crippen molar-refractivity contribution in [1.82, 2.24) is 24.8 Å². The van der Waals surface area contributed by atoms with E-state index in [1.54, 1.807) is 17.0 Å². The van der Waals surface area contributed by atoms with Crippen molar-refractivity contribution in [2.75, 3.05) is 25.0 Å². The molecule has 3 aromatic rings. The van der Waals surface area contributed by atoms with Crippen LogP contribution in [0.4, 0.5) is 10.2 Å². The molecular formula is C23H25FN6O2. The number of H-pyrrole nitrogens is 1. The number of imidazole rings is 1. The van der Waals surface area contributed by atoms with Gasteiger partial charge in [-0.2, -0.15) is 0 Å². The van der Waals surface area contributed by atoms with E-state index in [0.29, 0.717) is 48.3 Å². The summed E-state index contributed by atoms with van der Waals surface area (Å²) in [5.41, 5.74) is 2.29. The summed E-state index contributed by atoms with van der Waals surface area (Å²) in [6.45, 7) is 7.22. The first-order chi connectivity index (χ1) is 15.6. The van der Waals surface area contributed by atoms with E-state index in [0.717, 1.165) is 18.4 Å². The van der Waals surface area contributed by atoms with Gasteiger partial charge in [0.05, 0.1) is 0 Å². The number of likely N-dealkylation sites (tertiary alicyclic amines) is 1. The Hall–Kier alpha value is -3.75. The molecule has 2 aromatic heterocycles. The Morgan fingerprint density at radius 3 is 2.94 bits per heavy atom. The van der Waals surface area contributed by atoms with Crippen molar-refractivity contribution in [3.63, 3.8) is 0 Å². The third-order valence-corrected chi connectivity index (χ3v) is 5.35. The van der Waals surface area contributed by atoms with Crippen LogP contribution in [0.2, 0.25) is 0 Å². The molecule has 166 valence electrons. The summed E-state index contributed by atoms with van der Waals surface area (Å²) < 4.78 is 18.8. The standard InChI is InChI=1S/C23H25FN6O2/c1-3-15(13-32-18-7-5-16(24)6-8-18)11-19-28-21-22(25-14-26-23(21)29-19)27-17-9-10-30(12-17)20(31)4-2/h4-8,11,14,17H,2-3,9-10,12-13H2,1H3,(H2,25,26,27,28,29)/b15-11+. The molecule has 4 rings (SSSR count). The van der Waals surface area contributed by atoms with Crippen molar-refractivity contribution in [1.29, 1.82) is 0 Å². The summed E-state index contributed by atoms with van der Waals surface area (Å²) in [7, 11) is 0. The molecule has 0 saturated carbocycles. The first-order valence-electron chi connectivity index (χ1n) is 10.5. The van der Waals surface area contributed by atoms with E-state index in [-0.39, 0.29) is 17.8 Å². The molecule has 0 radical (unpaired) electrons. The Balaban J connectivity index is 1.47. The summed E-state index contributed by atoms with van der Waals surface area (Å²) in [6.07, 6.45) is 6.33. The van der Waals surface area contributed by atoms with Crippen LogP contribution in [-0.4, -0.2) is 56.5 Å². The van der Waals surface area contributed by atoms with Gasteiger partial charge >= 0.3 is 0 Å². The Kier molecular flexibility index (Phi) is 6.44. The number of fused-ring (bicyclic) bond motifs is 1. The maximum atomic E-state index is 13.1. The van der Waals surface area contributed by atoms with Crippen LogP contribution in [0.5, 0.6) is 5.75 Å². The predicted octanol–water partition coefficient (Wildman–Crippen LogP) is 3.56. The van der Waals surface area contributed by atoms with Crippen LogP contribution in [0.15, 0.2) is 48.8 Å². The lowest BCUT2D eigenvalue weighted by Crippen LogP contribution is -2.30. The number of hydrogen-bond donors (Lipinski definition) is 2.